The Morgan fingerprint density at radius 3 is 2.68 bits per heavy atom. The topological polar surface area (TPSA) is 39.9 Å². The van der Waals surface area contributed by atoms with Crippen LogP contribution in [0.2, 0.25) is 5.15 Å². The molecule has 1 atom stereocenters. The number of hydrogen-bond donors (Lipinski definition) is 0. The molecule has 1 aliphatic heterocycles. The molecule has 5 rings (SSSR count). The minimum atomic E-state index is 0.329. The van der Waals surface area contributed by atoms with Crippen molar-refractivity contribution in [3.05, 3.63) is 58.6 Å². The summed E-state index contributed by atoms with van der Waals surface area (Å²) in [5, 5.41) is 0.749. The second-order valence-corrected chi connectivity index (χ2v) is 10.4. The fourth-order valence-electron chi connectivity index (χ4n) is 5.81. The number of rotatable bonds is 7. The largest absolute Gasteiger partial charge is 0.358 e. The third kappa shape index (κ3) is 4.56. The molecule has 0 unspecified atom stereocenters. The molecule has 0 aromatic carbocycles. The zero-order chi connectivity index (χ0) is 23.7. The Kier molecular flexibility index (Phi) is 7.09. The van der Waals surface area contributed by atoms with Crippen LogP contribution in [0.4, 0.5) is 5.82 Å². The third-order valence-corrected chi connectivity index (χ3v) is 8.01. The summed E-state index contributed by atoms with van der Waals surface area (Å²) < 4.78 is 2.16. The highest BCUT2D eigenvalue weighted by Gasteiger charge is 2.29. The smallest absolute Gasteiger partial charge is 0.139 e. The van der Waals surface area contributed by atoms with Crippen molar-refractivity contribution >= 4 is 23.1 Å². The molecule has 6 nitrogen and oxygen atoms in total. The molecule has 182 valence electrons. The first-order valence-corrected chi connectivity index (χ1v) is 13.2. The van der Waals surface area contributed by atoms with Gasteiger partial charge in [-0.3, -0.25) is 14.3 Å². The molecule has 1 fully saturated rings. The number of fused-ring (bicyclic) bond motifs is 2. The molecule has 0 radical (unpaired) electrons. The van der Waals surface area contributed by atoms with Gasteiger partial charge < -0.3 is 9.80 Å². The highest BCUT2D eigenvalue weighted by atomic mass is 35.5. The minimum absolute atomic E-state index is 0.329. The summed E-state index contributed by atoms with van der Waals surface area (Å²) in [6.07, 6.45) is 8.84. The Balaban J connectivity index is 1.43. The maximum absolute atomic E-state index is 7.07. The zero-order valence-electron chi connectivity index (χ0n) is 20.8. The summed E-state index contributed by atoms with van der Waals surface area (Å²) in [7, 11) is 4.37. The third-order valence-electron chi connectivity index (χ3n) is 7.62. The highest BCUT2D eigenvalue weighted by Crippen LogP contribution is 2.35. The van der Waals surface area contributed by atoms with Crippen molar-refractivity contribution in [1.82, 2.24) is 24.2 Å². The van der Waals surface area contributed by atoms with Crippen LogP contribution in [0.15, 0.2) is 36.5 Å². The van der Waals surface area contributed by atoms with Crippen LogP contribution in [0.3, 0.4) is 0 Å². The van der Waals surface area contributed by atoms with Gasteiger partial charge in [0.25, 0.3) is 0 Å². The van der Waals surface area contributed by atoms with E-state index in [1.807, 2.05) is 6.20 Å². The molecule has 34 heavy (non-hydrogen) atoms. The lowest BCUT2D eigenvalue weighted by Crippen LogP contribution is -2.42. The monoisotopic (exact) mass is 480 g/mol. The molecular weight excluding hydrogens is 444 g/mol. The molecule has 0 saturated carbocycles. The molecule has 4 heterocycles. The second kappa shape index (κ2) is 10.2. The molecule has 3 aromatic rings. The molecule has 2 aliphatic rings. The van der Waals surface area contributed by atoms with Crippen molar-refractivity contribution in [1.29, 1.82) is 0 Å². The number of hydrogen-bond acceptors (Lipinski definition) is 5. The van der Waals surface area contributed by atoms with Crippen LogP contribution in [0, 0.1) is 0 Å². The van der Waals surface area contributed by atoms with Crippen LogP contribution >= 0.6 is 11.6 Å². The quantitative estimate of drug-likeness (QED) is 0.464. The molecule has 0 bridgehead atoms. The Morgan fingerprint density at radius 2 is 1.91 bits per heavy atom. The number of pyridine rings is 2. The number of piperidine rings is 1. The van der Waals surface area contributed by atoms with Gasteiger partial charge in [-0.05, 0) is 82.9 Å². The number of anilines is 1. The maximum atomic E-state index is 7.07. The first-order valence-electron chi connectivity index (χ1n) is 12.8. The molecule has 7 heteroatoms. The van der Waals surface area contributed by atoms with Gasteiger partial charge in [-0.1, -0.05) is 30.7 Å². The van der Waals surface area contributed by atoms with Gasteiger partial charge in [-0.15, -0.1) is 0 Å². The normalized spacial score (nSPS) is 19.4. The van der Waals surface area contributed by atoms with E-state index in [-0.39, 0.29) is 0 Å². The Morgan fingerprint density at radius 1 is 1.09 bits per heavy atom. The lowest BCUT2D eigenvalue weighted by Gasteiger charge is -2.36. The summed E-state index contributed by atoms with van der Waals surface area (Å²) >= 11 is 7.07. The number of imidazole rings is 1. The van der Waals surface area contributed by atoms with E-state index in [2.05, 4.69) is 70.5 Å². The van der Waals surface area contributed by atoms with E-state index in [0.29, 0.717) is 12.1 Å². The van der Waals surface area contributed by atoms with Gasteiger partial charge in [0.2, 0.25) is 0 Å². The number of aryl methyl sites for hydroxylation is 1. The molecule has 0 spiro atoms. The van der Waals surface area contributed by atoms with Crippen LogP contribution in [-0.4, -0.2) is 63.9 Å². The molecular formula is C27H37ClN6. The first kappa shape index (κ1) is 23.6. The summed E-state index contributed by atoms with van der Waals surface area (Å²) in [6.45, 7) is 6.08. The van der Waals surface area contributed by atoms with Gasteiger partial charge in [0, 0.05) is 31.9 Å². The predicted molar refractivity (Wildman–Crippen MR) is 140 cm³/mol. The van der Waals surface area contributed by atoms with Crippen molar-refractivity contribution < 1.29 is 0 Å². The summed E-state index contributed by atoms with van der Waals surface area (Å²) in [6, 6.07) is 11.7. The van der Waals surface area contributed by atoms with Crippen LogP contribution < -0.4 is 4.90 Å². The van der Waals surface area contributed by atoms with E-state index >= 15 is 0 Å². The fraction of sp³-hybridized carbons (Fsp3) is 0.556. The number of halogens is 1. The van der Waals surface area contributed by atoms with E-state index in [0.717, 1.165) is 67.8 Å². The van der Waals surface area contributed by atoms with Gasteiger partial charge in [-0.25, -0.2) is 4.98 Å². The average Bonchev–Trinajstić information content (AvgIpc) is 3.18. The number of nitrogens with zero attached hydrogens (tertiary/aromatic N) is 6. The fourth-order valence-corrected chi connectivity index (χ4v) is 6.09. The van der Waals surface area contributed by atoms with E-state index in [4.69, 9.17) is 21.6 Å². The van der Waals surface area contributed by atoms with Gasteiger partial charge in [0.1, 0.15) is 16.6 Å². The van der Waals surface area contributed by atoms with Crippen molar-refractivity contribution in [3.8, 4) is 0 Å². The summed E-state index contributed by atoms with van der Waals surface area (Å²) in [5.41, 5.74) is 4.54. The first-order chi connectivity index (χ1) is 16.6. The average molecular weight is 481 g/mol. The van der Waals surface area contributed by atoms with Crippen molar-refractivity contribution in [2.45, 2.75) is 64.1 Å². The van der Waals surface area contributed by atoms with Crippen LogP contribution in [0.25, 0.3) is 5.65 Å². The van der Waals surface area contributed by atoms with Gasteiger partial charge in [-0.2, -0.15) is 0 Å². The summed E-state index contributed by atoms with van der Waals surface area (Å²) in [5.74, 6) is 1.16. The lowest BCUT2D eigenvalue weighted by atomic mass is 9.90. The number of aromatic nitrogens is 3. The minimum Gasteiger partial charge on any atom is -0.358 e. The summed E-state index contributed by atoms with van der Waals surface area (Å²) in [4.78, 5) is 17.2. The van der Waals surface area contributed by atoms with E-state index in [1.165, 1.54) is 30.5 Å². The highest BCUT2D eigenvalue weighted by molar-refractivity contribution is 6.30. The Labute approximate surface area is 208 Å². The van der Waals surface area contributed by atoms with Crippen LogP contribution in [-0.2, 0) is 13.0 Å². The zero-order valence-corrected chi connectivity index (χ0v) is 21.5. The van der Waals surface area contributed by atoms with Crippen LogP contribution in [0.5, 0.6) is 0 Å². The van der Waals surface area contributed by atoms with E-state index in [1.54, 1.807) is 0 Å². The van der Waals surface area contributed by atoms with Crippen molar-refractivity contribution in [2.75, 3.05) is 38.6 Å². The predicted octanol–water partition coefficient (Wildman–Crippen LogP) is 5.20. The Bertz CT molecular complexity index is 1120. The van der Waals surface area contributed by atoms with Gasteiger partial charge in [0.05, 0.1) is 17.4 Å². The molecule has 3 aromatic heterocycles. The van der Waals surface area contributed by atoms with E-state index < -0.39 is 0 Å². The SMILES string of the molecule is CCCN(Cc1nc2cccc(N3CCC(N(C)C)CC3)n2c1Cl)[C@H]1CCCc2cccnc21. The van der Waals surface area contributed by atoms with Crippen molar-refractivity contribution in [3.63, 3.8) is 0 Å². The maximum Gasteiger partial charge on any atom is 0.139 e. The molecule has 1 aliphatic carbocycles. The second-order valence-electron chi connectivity index (χ2n) is 10.0. The molecule has 0 N–H and O–H groups in total. The Hall–Kier alpha value is -2.15. The van der Waals surface area contributed by atoms with Gasteiger partial charge >= 0.3 is 0 Å². The molecule has 0 amide bonds. The molecule has 1 saturated heterocycles. The van der Waals surface area contributed by atoms with Crippen molar-refractivity contribution in [2.24, 2.45) is 0 Å². The lowest BCUT2D eigenvalue weighted by molar-refractivity contribution is 0.164. The van der Waals surface area contributed by atoms with E-state index in [9.17, 15) is 0 Å². The van der Waals surface area contributed by atoms with Gasteiger partial charge in [0.15, 0.2) is 0 Å². The van der Waals surface area contributed by atoms with Crippen LogP contribution in [0.1, 0.15) is 62.0 Å². The standard InChI is InChI=1S/C27H37ClN6/c1-4-16-33(23-10-5-8-20-9-7-15-29-26(20)23)19-22-27(28)34-24(30-22)11-6-12-25(34)32-17-13-21(14-18-32)31(2)3/h6-7,9,11-12,15,21,23H,4-5,8,10,13-14,16-19H2,1-3H3/t23-/m0/s1.